The first-order chi connectivity index (χ1) is 13.2. The van der Waals surface area contributed by atoms with E-state index in [-0.39, 0.29) is 17.9 Å². The summed E-state index contributed by atoms with van der Waals surface area (Å²) in [4.78, 5) is 26.1. The maximum atomic E-state index is 12.8. The van der Waals surface area contributed by atoms with E-state index in [2.05, 4.69) is 15.3 Å². The highest BCUT2D eigenvalue weighted by molar-refractivity contribution is 5.83. The normalized spacial score (nSPS) is 17.0. The van der Waals surface area contributed by atoms with E-state index in [0.29, 0.717) is 5.82 Å². The van der Waals surface area contributed by atoms with Gasteiger partial charge in [0.15, 0.2) is 5.82 Å². The number of carbonyl (C=O) groups excluding carboxylic acids is 1. The molecule has 4 rings (SSSR count). The smallest absolute Gasteiger partial charge is 0.227 e. The van der Waals surface area contributed by atoms with Crippen LogP contribution in [-0.4, -0.2) is 20.9 Å². The molecule has 2 atom stereocenters. The van der Waals surface area contributed by atoms with Crippen LogP contribution in [0, 0.1) is 0 Å². The van der Waals surface area contributed by atoms with Gasteiger partial charge in [-0.05, 0) is 43.9 Å². The van der Waals surface area contributed by atoms with Crippen molar-refractivity contribution >= 4 is 5.91 Å². The van der Waals surface area contributed by atoms with Gasteiger partial charge in [-0.2, -0.15) is 0 Å². The second-order valence-electron chi connectivity index (χ2n) is 6.92. The predicted molar refractivity (Wildman–Crippen MR) is 104 cm³/mol. The number of hydrogen-bond acceptors (Lipinski definition) is 4. The van der Waals surface area contributed by atoms with Crippen molar-refractivity contribution in [1.29, 1.82) is 0 Å². The zero-order chi connectivity index (χ0) is 18.6. The number of fused-ring (bicyclic) bond motifs is 1. The number of aromatic nitrogens is 3. The number of rotatable bonds is 4. The largest absolute Gasteiger partial charge is 0.349 e. The van der Waals surface area contributed by atoms with E-state index in [1.165, 1.54) is 0 Å². The molecule has 0 saturated heterocycles. The van der Waals surface area contributed by atoms with Gasteiger partial charge in [-0.15, -0.1) is 0 Å². The number of pyridine rings is 1. The number of hydrogen-bond donors (Lipinski definition) is 1. The van der Waals surface area contributed by atoms with Gasteiger partial charge in [0.25, 0.3) is 0 Å². The van der Waals surface area contributed by atoms with Crippen molar-refractivity contribution < 1.29 is 4.79 Å². The minimum absolute atomic E-state index is 0.0288. The van der Waals surface area contributed by atoms with Gasteiger partial charge in [0.2, 0.25) is 5.91 Å². The van der Waals surface area contributed by atoms with Crippen LogP contribution < -0.4 is 5.32 Å². The zero-order valence-electron chi connectivity index (χ0n) is 15.3. The van der Waals surface area contributed by atoms with Crippen LogP contribution in [0.4, 0.5) is 0 Å². The Labute approximate surface area is 158 Å². The molecule has 0 aliphatic heterocycles. The third-order valence-corrected chi connectivity index (χ3v) is 5.13. The lowest BCUT2D eigenvalue weighted by Crippen LogP contribution is -2.34. The van der Waals surface area contributed by atoms with E-state index in [4.69, 9.17) is 4.98 Å². The third-order valence-electron chi connectivity index (χ3n) is 5.13. The van der Waals surface area contributed by atoms with E-state index in [1.807, 2.05) is 55.6 Å². The maximum Gasteiger partial charge on any atom is 0.227 e. The molecule has 1 aliphatic rings. The van der Waals surface area contributed by atoms with Crippen molar-refractivity contribution in [2.24, 2.45) is 0 Å². The van der Waals surface area contributed by atoms with Crippen LogP contribution >= 0.6 is 0 Å². The predicted octanol–water partition coefficient (Wildman–Crippen LogP) is 3.84. The van der Waals surface area contributed by atoms with E-state index < -0.39 is 0 Å². The van der Waals surface area contributed by atoms with Crippen molar-refractivity contribution in [3.05, 3.63) is 77.9 Å². The Kier molecular flexibility index (Phi) is 4.92. The second kappa shape index (κ2) is 7.66. The number of benzene rings is 1. The SMILES string of the molecule is C[C@H](C(=O)N[C@@H]1CCCc2nc(-c3ccncc3)ncc21)c1ccccc1. The monoisotopic (exact) mass is 358 g/mol. The molecular weight excluding hydrogens is 336 g/mol. The molecular formula is C22H22N4O. The van der Waals surface area contributed by atoms with Gasteiger partial charge in [0.05, 0.1) is 12.0 Å². The van der Waals surface area contributed by atoms with Crippen molar-refractivity contribution in [3.8, 4) is 11.4 Å². The van der Waals surface area contributed by atoms with Crippen molar-refractivity contribution in [3.63, 3.8) is 0 Å². The summed E-state index contributed by atoms with van der Waals surface area (Å²) in [7, 11) is 0. The Morgan fingerprint density at radius 1 is 1.15 bits per heavy atom. The first kappa shape index (κ1) is 17.3. The van der Waals surface area contributed by atoms with Crippen LogP contribution in [0.25, 0.3) is 11.4 Å². The molecule has 136 valence electrons. The fourth-order valence-corrected chi connectivity index (χ4v) is 3.53. The molecule has 2 heterocycles. The summed E-state index contributed by atoms with van der Waals surface area (Å²) in [6.07, 6.45) is 8.19. The van der Waals surface area contributed by atoms with E-state index in [1.54, 1.807) is 12.4 Å². The summed E-state index contributed by atoms with van der Waals surface area (Å²) >= 11 is 0. The van der Waals surface area contributed by atoms with Crippen LogP contribution in [0.2, 0.25) is 0 Å². The second-order valence-corrected chi connectivity index (χ2v) is 6.92. The lowest BCUT2D eigenvalue weighted by Gasteiger charge is -2.27. The van der Waals surface area contributed by atoms with Gasteiger partial charge in [0.1, 0.15) is 0 Å². The van der Waals surface area contributed by atoms with Crippen LogP contribution in [0.5, 0.6) is 0 Å². The molecule has 3 aromatic rings. The Hall–Kier alpha value is -3.08. The molecule has 0 fully saturated rings. The summed E-state index contributed by atoms with van der Waals surface area (Å²) in [6, 6.07) is 13.7. The molecule has 2 aromatic heterocycles. The molecule has 0 unspecified atom stereocenters. The van der Waals surface area contributed by atoms with Crippen molar-refractivity contribution in [2.45, 2.75) is 38.1 Å². The molecule has 1 amide bonds. The van der Waals surface area contributed by atoms with Gasteiger partial charge >= 0.3 is 0 Å². The van der Waals surface area contributed by atoms with Gasteiger partial charge in [-0.1, -0.05) is 30.3 Å². The summed E-state index contributed by atoms with van der Waals surface area (Å²) in [5.41, 5.74) is 4.04. The minimum atomic E-state index is -0.186. The molecule has 1 aliphatic carbocycles. The van der Waals surface area contributed by atoms with E-state index in [0.717, 1.165) is 41.6 Å². The molecule has 0 spiro atoms. The number of aryl methyl sites for hydroxylation is 1. The molecule has 0 bridgehead atoms. The highest BCUT2D eigenvalue weighted by atomic mass is 16.1. The van der Waals surface area contributed by atoms with Gasteiger partial charge < -0.3 is 5.32 Å². The quantitative estimate of drug-likeness (QED) is 0.769. The average molecular weight is 358 g/mol. The van der Waals surface area contributed by atoms with Gasteiger partial charge in [0, 0.05) is 35.4 Å². The number of amides is 1. The third kappa shape index (κ3) is 3.72. The Balaban J connectivity index is 1.54. The molecule has 1 aromatic carbocycles. The molecule has 1 N–H and O–H groups in total. The van der Waals surface area contributed by atoms with Crippen molar-refractivity contribution in [2.75, 3.05) is 0 Å². The van der Waals surface area contributed by atoms with Crippen LogP contribution in [0.15, 0.2) is 61.1 Å². The first-order valence-corrected chi connectivity index (χ1v) is 9.34. The lowest BCUT2D eigenvalue weighted by atomic mass is 9.91. The Morgan fingerprint density at radius 2 is 1.93 bits per heavy atom. The minimum Gasteiger partial charge on any atom is -0.349 e. The highest BCUT2D eigenvalue weighted by Crippen LogP contribution is 2.30. The van der Waals surface area contributed by atoms with E-state index in [9.17, 15) is 4.79 Å². The van der Waals surface area contributed by atoms with Crippen LogP contribution in [0.3, 0.4) is 0 Å². The molecule has 27 heavy (non-hydrogen) atoms. The maximum absolute atomic E-state index is 12.8. The standard InChI is InChI=1S/C22H22N4O/c1-15(16-6-3-2-4-7-16)22(27)26-20-9-5-8-19-18(20)14-24-21(25-19)17-10-12-23-13-11-17/h2-4,6-7,10-15,20H,5,8-9H2,1H3,(H,26,27)/t15-,20+/m0/s1. The fourth-order valence-electron chi connectivity index (χ4n) is 3.53. The highest BCUT2D eigenvalue weighted by Gasteiger charge is 2.26. The van der Waals surface area contributed by atoms with Crippen molar-refractivity contribution in [1.82, 2.24) is 20.3 Å². The first-order valence-electron chi connectivity index (χ1n) is 9.34. The lowest BCUT2D eigenvalue weighted by molar-refractivity contribution is -0.123. The Morgan fingerprint density at radius 3 is 2.70 bits per heavy atom. The number of nitrogens with zero attached hydrogens (tertiary/aromatic N) is 3. The summed E-state index contributed by atoms with van der Waals surface area (Å²) in [5, 5.41) is 3.20. The van der Waals surface area contributed by atoms with Crippen LogP contribution in [0.1, 0.15) is 48.5 Å². The molecule has 0 saturated carbocycles. The fraction of sp³-hybridized carbons (Fsp3) is 0.273. The van der Waals surface area contributed by atoms with Crippen LogP contribution in [-0.2, 0) is 11.2 Å². The number of nitrogens with one attached hydrogen (secondary N) is 1. The molecule has 5 heteroatoms. The Bertz CT molecular complexity index is 928. The number of carbonyl (C=O) groups is 1. The van der Waals surface area contributed by atoms with Gasteiger partial charge in [-0.3, -0.25) is 9.78 Å². The molecule has 0 radical (unpaired) electrons. The summed E-state index contributed by atoms with van der Waals surface area (Å²) in [5.74, 6) is 0.562. The summed E-state index contributed by atoms with van der Waals surface area (Å²) < 4.78 is 0. The van der Waals surface area contributed by atoms with E-state index >= 15 is 0 Å². The topological polar surface area (TPSA) is 67.8 Å². The summed E-state index contributed by atoms with van der Waals surface area (Å²) in [6.45, 7) is 1.94. The molecule has 5 nitrogen and oxygen atoms in total. The average Bonchev–Trinajstić information content (AvgIpc) is 2.74. The van der Waals surface area contributed by atoms with Gasteiger partial charge in [-0.25, -0.2) is 9.97 Å². The zero-order valence-corrected chi connectivity index (χ0v) is 15.3.